The Kier molecular flexibility index (Phi) is 2.86. The van der Waals surface area contributed by atoms with Crippen LogP contribution in [-0.4, -0.2) is 30.1 Å². The van der Waals surface area contributed by atoms with Gasteiger partial charge in [-0.05, 0) is 0 Å². The zero-order valence-electron chi connectivity index (χ0n) is 4.78. The van der Waals surface area contributed by atoms with Gasteiger partial charge in [-0.3, -0.25) is 0 Å². The summed E-state index contributed by atoms with van der Waals surface area (Å²) in [4.78, 5) is 0. The zero-order chi connectivity index (χ0) is 5.21. The van der Waals surface area contributed by atoms with E-state index in [0.29, 0.717) is 0 Å². The van der Waals surface area contributed by atoms with Gasteiger partial charge in [0.25, 0.3) is 0 Å². The van der Waals surface area contributed by atoms with Crippen molar-refractivity contribution in [3.63, 3.8) is 0 Å². The molecular weight excluding hydrogens is 196 g/mol. The predicted octanol–water partition coefficient (Wildman–Crippen LogP) is 0.915. The number of rotatable bonds is 1. The van der Waals surface area contributed by atoms with Crippen molar-refractivity contribution >= 4 is 30.1 Å². The molecule has 1 unspecified atom stereocenters. The molecule has 38 valence electrons. The molecule has 0 aromatic rings. The molecule has 6 heavy (non-hydrogen) atoms. The molecule has 0 fully saturated rings. The molecule has 0 bridgehead atoms. The summed E-state index contributed by atoms with van der Waals surface area (Å²) in [6, 6.07) is 0. The fraction of sp³-hybridized carbons (Fsp3) is 1.00. The van der Waals surface area contributed by atoms with Crippen molar-refractivity contribution < 1.29 is 0 Å². The van der Waals surface area contributed by atoms with Gasteiger partial charge < -0.3 is 0 Å². The summed E-state index contributed by atoms with van der Waals surface area (Å²) < 4.78 is 1.52. The summed E-state index contributed by atoms with van der Waals surface area (Å²) in [6.45, 7) is 0. The molecule has 0 nitrogen and oxygen atoms in total. The van der Waals surface area contributed by atoms with Gasteiger partial charge in [-0.1, -0.05) is 0 Å². The normalized spacial score (nSPS) is 12.0. The Bertz CT molecular complexity index is 37.3. The average Bonchev–Trinajstić information content (AvgIpc) is 1.35. The molecule has 0 N–H and O–H groups in total. The molecule has 0 aromatic heterocycles. The molecule has 0 saturated heterocycles. The second kappa shape index (κ2) is 2.42. The maximum atomic E-state index is 2.45. The third-order valence-electron chi connectivity index (χ3n) is 0.612. The fourth-order valence-electron chi connectivity index (χ4n) is 0. The van der Waals surface area contributed by atoms with Gasteiger partial charge in [-0.2, -0.15) is 0 Å². The van der Waals surface area contributed by atoms with E-state index < -0.39 is 13.3 Å². The Morgan fingerprint density at radius 1 is 1.33 bits per heavy atom. The van der Waals surface area contributed by atoms with Gasteiger partial charge in [0, 0.05) is 0 Å². The van der Waals surface area contributed by atoms with Crippen LogP contribution in [0.2, 0.25) is 21.3 Å². The van der Waals surface area contributed by atoms with Gasteiger partial charge in [0.15, 0.2) is 0 Å². The first kappa shape index (κ1) is 7.10. The molecule has 0 aromatic carbocycles. The summed E-state index contributed by atoms with van der Waals surface area (Å²) in [5.41, 5.74) is 0. The van der Waals surface area contributed by atoms with E-state index in [1.165, 1.54) is 4.04 Å². The van der Waals surface area contributed by atoms with E-state index in [4.69, 9.17) is 0 Å². The molecule has 0 heterocycles. The summed E-state index contributed by atoms with van der Waals surface area (Å²) in [7, 11) is 0. The van der Waals surface area contributed by atoms with Gasteiger partial charge >= 0.3 is 51.4 Å². The van der Waals surface area contributed by atoms with Crippen LogP contribution in [0, 0.1) is 0 Å². The van der Waals surface area contributed by atoms with E-state index in [9.17, 15) is 0 Å². The van der Waals surface area contributed by atoms with Crippen LogP contribution in [0.3, 0.4) is 0 Å². The first-order valence-corrected chi connectivity index (χ1v) is 11.8. The SMILES string of the molecule is [CH3][Ge]([CH3])([CH3])[CH2][AsH2]. The van der Waals surface area contributed by atoms with Crippen molar-refractivity contribution in [3.05, 3.63) is 0 Å². The van der Waals surface area contributed by atoms with Gasteiger partial charge in [-0.25, -0.2) is 0 Å². The first-order chi connectivity index (χ1) is 2.56. The summed E-state index contributed by atoms with van der Waals surface area (Å²) >= 11 is 0.891. The van der Waals surface area contributed by atoms with Crippen LogP contribution in [0.1, 0.15) is 0 Å². The quantitative estimate of drug-likeness (QED) is 0.563. The summed E-state index contributed by atoms with van der Waals surface area (Å²) in [5.74, 6) is 7.34. The van der Waals surface area contributed by atoms with E-state index in [1.807, 2.05) is 16.9 Å². The number of hydrogen-bond donors (Lipinski definition) is 0. The van der Waals surface area contributed by atoms with Gasteiger partial charge in [0.05, 0.1) is 0 Å². The summed E-state index contributed by atoms with van der Waals surface area (Å²) in [6.07, 6.45) is 0. The van der Waals surface area contributed by atoms with Gasteiger partial charge in [-0.15, -0.1) is 0 Å². The second-order valence-corrected chi connectivity index (χ2v) is 18.8. The second-order valence-electron chi connectivity index (χ2n) is 2.76. The molecule has 0 saturated carbocycles. The molecule has 0 aliphatic heterocycles. The fourth-order valence-corrected chi connectivity index (χ4v) is 0. The molecular formula is C4H13AsGe. The van der Waals surface area contributed by atoms with E-state index in [-0.39, 0.29) is 0 Å². The summed E-state index contributed by atoms with van der Waals surface area (Å²) in [5, 5.41) is 0. The average molecular weight is 209 g/mol. The van der Waals surface area contributed by atoms with Crippen LogP contribution in [0.15, 0.2) is 0 Å². The third-order valence-corrected chi connectivity index (χ3v) is 16.5. The molecule has 0 amide bonds. The van der Waals surface area contributed by atoms with Crippen LogP contribution in [0.5, 0.6) is 0 Å². The van der Waals surface area contributed by atoms with E-state index in [0.717, 1.165) is 0 Å². The van der Waals surface area contributed by atoms with Crippen molar-refractivity contribution in [1.29, 1.82) is 0 Å². The zero-order valence-corrected chi connectivity index (χ0v) is 9.31. The Hall–Kier alpha value is 1.10. The van der Waals surface area contributed by atoms with Crippen molar-refractivity contribution in [3.8, 4) is 0 Å². The van der Waals surface area contributed by atoms with Crippen molar-refractivity contribution in [2.75, 3.05) is 0 Å². The van der Waals surface area contributed by atoms with E-state index in [1.54, 1.807) is 0 Å². The molecule has 0 rings (SSSR count). The molecule has 1 atom stereocenters. The van der Waals surface area contributed by atoms with Gasteiger partial charge in [0.2, 0.25) is 0 Å². The van der Waals surface area contributed by atoms with Crippen LogP contribution < -0.4 is 0 Å². The first-order valence-electron chi connectivity index (χ1n) is 2.26. The Morgan fingerprint density at radius 3 is 1.50 bits per heavy atom. The monoisotopic (exact) mass is 210 g/mol. The molecule has 0 aliphatic carbocycles. The van der Waals surface area contributed by atoms with Crippen LogP contribution in [-0.2, 0) is 0 Å². The third kappa shape index (κ3) is 5.10. The van der Waals surface area contributed by atoms with Crippen molar-refractivity contribution in [2.45, 2.75) is 21.3 Å². The molecule has 2 heteroatoms. The van der Waals surface area contributed by atoms with Crippen LogP contribution in [0.4, 0.5) is 0 Å². The Labute approximate surface area is 51.6 Å². The predicted molar refractivity (Wildman–Crippen MR) is 36.7 cm³/mol. The van der Waals surface area contributed by atoms with Crippen molar-refractivity contribution in [1.82, 2.24) is 0 Å². The molecule has 0 aliphatic rings. The maximum absolute atomic E-state index is 2.45. The number of hydrogen-bond acceptors (Lipinski definition) is 0. The minimum absolute atomic E-state index is 1.01. The standard InChI is InChI=1S/C4H13AsGe/c1-6(2,3)4-5/h4-5H2,1-3H3. The Morgan fingerprint density at radius 2 is 1.50 bits per heavy atom. The van der Waals surface area contributed by atoms with Crippen LogP contribution >= 0.6 is 0 Å². The minimum atomic E-state index is -1.01. The molecule has 0 spiro atoms. The van der Waals surface area contributed by atoms with E-state index >= 15 is 0 Å². The van der Waals surface area contributed by atoms with E-state index in [2.05, 4.69) is 17.3 Å². The van der Waals surface area contributed by atoms with Gasteiger partial charge in [0.1, 0.15) is 0 Å². The van der Waals surface area contributed by atoms with Crippen LogP contribution in [0.25, 0.3) is 0 Å². The molecule has 0 radical (unpaired) electrons. The topological polar surface area (TPSA) is 0 Å². The van der Waals surface area contributed by atoms with Crippen molar-refractivity contribution in [2.24, 2.45) is 0 Å². The Balaban J connectivity index is 3.17.